The normalized spacial score (nSPS) is 16.2. The van der Waals surface area contributed by atoms with Crippen LogP contribution in [-0.4, -0.2) is 29.7 Å². The summed E-state index contributed by atoms with van der Waals surface area (Å²) in [4.78, 5) is 25.8. The summed E-state index contributed by atoms with van der Waals surface area (Å²) in [5.41, 5.74) is -1.27. The monoisotopic (exact) mass is 310 g/mol. The van der Waals surface area contributed by atoms with Gasteiger partial charge in [-0.3, -0.25) is 9.59 Å². The van der Waals surface area contributed by atoms with Crippen LogP contribution in [0.5, 0.6) is 0 Å². The predicted octanol–water partition coefficient (Wildman–Crippen LogP) is 2.65. The van der Waals surface area contributed by atoms with Crippen molar-refractivity contribution in [2.75, 3.05) is 13.1 Å². The van der Waals surface area contributed by atoms with E-state index >= 15 is 0 Å². The molecule has 1 heterocycles. The largest absolute Gasteiger partial charge is 0.416 e. The van der Waals surface area contributed by atoms with E-state index in [1.807, 2.05) is 0 Å². The Hall–Kier alpha value is -2.36. The molecule has 0 unspecified atom stereocenters. The second-order valence-corrected chi connectivity index (χ2v) is 5.04. The Balaban J connectivity index is 2.25. The molecule has 1 atom stereocenters. The number of nitrogens with zero attached hydrogens (tertiary/aromatic N) is 2. The molecule has 4 nitrogen and oxygen atoms in total. The van der Waals surface area contributed by atoms with Gasteiger partial charge < -0.3 is 4.90 Å². The van der Waals surface area contributed by atoms with Crippen LogP contribution < -0.4 is 0 Å². The molecule has 0 aromatic heterocycles. The number of rotatable bonds is 3. The minimum atomic E-state index is -4.59. The van der Waals surface area contributed by atoms with Crippen LogP contribution in [0.25, 0.3) is 0 Å². The molecule has 2 rings (SSSR count). The molecule has 0 bridgehead atoms. The van der Waals surface area contributed by atoms with Gasteiger partial charge in [-0.15, -0.1) is 0 Å². The fraction of sp³-hybridized carbons (Fsp3) is 0.400. The summed E-state index contributed by atoms with van der Waals surface area (Å²) in [6.07, 6.45) is -3.00. The molecule has 1 aromatic carbocycles. The van der Waals surface area contributed by atoms with Gasteiger partial charge in [-0.05, 0) is 25.0 Å². The zero-order chi connectivity index (χ0) is 16.3. The number of ketones is 1. The van der Waals surface area contributed by atoms with E-state index < -0.39 is 29.3 Å². The zero-order valence-corrected chi connectivity index (χ0v) is 11.6. The first-order valence-corrected chi connectivity index (χ1v) is 6.74. The standard InChI is InChI=1S/C15H13F3N2O2/c16-15(17,18)11-5-3-4-10(8-11)13(21)12(9-19)14(22)20-6-1-2-7-20/h3-5,8,12H,1-2,6-7H2/t12-/m1/s1. The summed E-state index contributed by atoms with van der Waals surface area (Å²) in [6.45, 7) is 0.930. The molecule has 1 fully saturated rings. The third-order valence-corrected chi connectivity index (χ3v) is 3.53. The van der Waals surface area contributed by atoms with Crippen molar-refractivity contribution in [2.24, 2.45) is 5.92 Å². The molecular formula is C15H13F3N2O2. The molecule has 0 N–H and O–H groups in total. The lowest BCUT2D eigenvalue weighted by Gasteiger charge is -2.18. The molecule has 1 amide bonds. The van der Waals surface area contributed by atoms with Gasteiger partial charge in [0.25, 0.3) is 0 Å². The quantitative estimate of drug-likeness (QED) is 0.637. The summed E-state index contributed by atoms with van der Waals surface area (Å²) in [5, 5.41) is 9.08. The number of alkyl halides is 3. The highest BCUT2D eigenvalue weighted by molar-refractivity contribution is 6.12. The lowest BCUT2D eigenvalue weighted by molar-refractivity contribution is -0.137. The predicted molar refractivity (Wildman–Crippen MR) is 70.7 cm³/mol. The molecule has 116 valence electrons. The number of nitriles is 1. The van der Waals surface area contributed by atoms with E-state index in [1.54, 1.807) is 6.07 Å². The van der Waals surface area contributed by atoms with Crippen LogP contribution in [0.3, 0.4) is 0 Å². The van der Waals surface area contributed by atoms with Crippen molar-refractivity contribution in [3.8, 4) is 6.07 Å². The van der Waals surface area contributed by atoms with Gasteiger partial charge in [-0.2, -0.15) is 18.4 Å². The van der Waals surface area contributed by atoms with Crippen molar-refractivity contribution >= 4 is 11.7 Å². The van der Waals surface area contributed by atoms with E-state index in [4.69, 9.17) is 5.26 Å². The molecule has 1 aliphatic heterocycles. The zero-order valence-electron chi connectivity index (χ0n) is 11.6. The minimum absolute atomic E-state index is 0.283. The Kier molecular flexibility index (Phi) is 4.50. The third-order valence-electron chi connectivity index (χ3n) is 3.53. The highest BCUT2D eigenvalue weighted by Crippen LogP contribution is 2.30. The number of hydrogen-bond donors (Lipinski definition) is 0. The van der Waals surface area contributed by atoms with Gasteiger partial charge in [0.2, 0.25) is 5.91 Å². The maximum Gasteiger partial charge on any atom is 0.416 e. The number of halogens is 3. The van der Waals surface area contributed by atoms with E-state index in [2.05, 4.69) is 0 Å². The van der Waals surface area contributed by atoms with Crippen LogP contribution in [0.1, 0.15) is 28.8 Å². The Morgan fingerprint density at radius 2 is 1.86 bits per heavy atom. The number of carbonyl (C=O) groups excluding carboxylic acids is 2. The Morgan fingerprint density at radius 3 is 2.41 bits per heavy atom. The number of amides is 1. The van der Waals surface area contributed by atoms with Gasteiger partial charge in [0.15, 0.2) is 11.7 Å². The fourth-order valence-electron chi connectivity index (χ4n) is 2.36. The van der Waals surface area contributed by atoms with Gasteiger partial charge in [0, 0.05) is 18.7 Å². The van der Waals surface area contributed by atoms with Crippen molar-refractivity contribution in [3.63, 3.8) is 0 Å². The SMILES string of the molecule is N#C[C@H](C(=O)c1cccc(C(F)(F)F)c1)C(=O)N1CCCC1. The lowest BCUT2D eigenvalue weighted by atomic mass is 9.96. The van der Waals surface area contributed by atoms with Crippen LogP contribution in [0.4, 0.5) is 13.2 Å². The summed E-state index contributed by atoms with van der Waals surface area (Å²) in [5.74, 6) is -3.13. The van der Waals surface area contributed by atoms with Crippen LogP contribution in [-0.2, 0) is 11.0 Å². The summed E-state index contributed by atoms with van der Waals surface area (Å²) in [6, 6.07) is 5.39. The highest BCUT2D eigenvalue weighted by Gasteiger charge is 2.35. The molecule has 0 spiro atoms. The third kappa shape index (κ3) is 3.27. The maximum absolute atomic E-state index is 12.7. The average Bonchev–Trinajstić information content (AvgIpc) is 3.01. The van der Waals surface area contributed by atoms with E-state index in [-0.39, 0.29) is 5.56 Å². The molecule has 1 saturated heterocycles. The van der Waals surface area contributed by atoms with E-state index in [9.17, 15) is 22.8 Å². The maximum atomic E-state index is 12.7. The van der Waals surface area contributed by atoms with Crippen molar-refractivity contribution in [1.82, 2.24) is 4.90 Å². The molecular weight excluding hydrogens is 297 g/mol. The molecule has 22 heavy (non-hydrogen) atoms. The first kappa shape index (κ1) is 16.0. The van der Waals surface area contributed by atoms with Crippen molar-refractivity contribution in [3.05, 3.63) is 35.4 Å². The summed E-state index contributed by atoms with van der Waals surface area (Å²) >= 11 is 0. The van der Waals surface area contributed by atoms with Crippen molar-refractivity contribution in [1.29, 1.82) is 5.26 Å². The first-order chi connectivity index (χ1) is 10.3. The van der Waals surface area contributed by atoms with Gasteiger partial charge in [0.05, 0.1) is 11.6 Å². The van der Waals surface area contributed by atoms with Gasteiger partial charge in [-0.25, -0.2) is 0 Å². The first-order valence-electron chi connectivity index (χ1n) is 6.74. The number of Topliss-reactive ketones (excluding diaryl/α,β-unsaturated/α-hetero) is 1. The smallest absolute Gasteiger partial charge is 0.341 e. The topological polar surface area (TPSA) is 61.2 Å². The average molecular weight is 310 g/mol. The number of likely N-dealkylation sites (tertiary alicyclic amines) is 1. The van der Waals surface area contributed by atoms with E-state index in [0.717, 1.165) is 25.0 Å². The number of benzene rings is 1. The van der Waals surface area contributed by atoms with Crippen molar-refractivity contribution in [2.45, 2.75) is 19.0 Å². The summed E-state index contributed by atoms with van der Waals surface area (Å²) in [7, 11) is 0. The molecule has 1 aromatic rings. The summed E-state index contributed by atoms with van der Waals surface area (Å²) < 4.78 is 38.0. The van der Waals surface area contributed by atoms with Gasteiger partial charge in [-0.1, -0.05) is 12.1 Å². The minimum Gasteiger partial charge on any atom is -0.341 e. The number of carbonyl (C=O) groups is 2. The van der Waals surface area contributed by atoms with Crippen LogP contribution in [0.2, 0.25) is 0 Å². The van der Waals surface area contributed by atoms with Crippen molar-refractivity contribution < 1.29 is 22.8 Å². The molecule has 0 aliphatic carbocycles. The lowest BCUT2D eigenvalue weighted by Crippen LogP contribution is -2.37. The molecule has 0 saturated carbocycles. The second kappa shape index (κ2) is 6.18. The van der Waals surface area contributed by atoms with E-state index in [0.29, 0.717) is 19.2 Å². The van der Waals surface area contributed by atoms with Crippen LogP contribution >= 0.6 is 0 Å². The number of hydrogen-bond acceptors (Lipinski definition) is 3. The Morgan fingerprint density at radius 1 is 1.23 bits per heavy atom. The Labute approximate surface area is 125 Å². The Bertz CT molecular complexity index is 628. The van der Waals surface area contributed by atoms with Gasteiger partial charge >= 0.3 is 6.18 Å². The van der Waals surface area contributed by atoms with E-state index in [1.165, 1.54) is 11.0 Å². The second-order valence-electron chi connectivity index (χ2n) is 5.04. The fourth-order valence-corrected chi connectivity index (χ4v) is 2.36. The molecule has 0 radical (unpaired) electrons. The highest BCUT2D eigenvalue weighted by atomic mass is 19.4. The van der Waals surface area contributed by atoms with Crippen LogP contribution in [0.15, 0.2) is 24.3 Å². The molecule has 7 heteroatoms. The van der Waals surface area contributed by atoms with Gasteiger partial charge in [0.1, 0.15) is 0 Å². The van der Waals surface area contributed by atoms with Crippen LogP contribution in [0, 0.1) is 17.2 Å². The molecule has 1 aliphatic rings.